The number of carbonyl (C=O) groups is 2. The van der Waals surface area contributed by atoms with Gasteiger partial charge in [0.1, 0.15) is 58.5 Å². The van der Waals surface area contributed by atoms with Gasteiger partial charge < -0.3 is 58.7 Å². The number of methoxy groups -OCH3 is 1. The second kappa shape index (κ2) is 16.5. The molecule has 5 aromatic rings. The van der Waals surface area contributed by atoms with E-state index < -0.39 is 60.4 Å². The first kappa shape index (κ1) is 37.9. The monoisotopic (exact) mass is 754 g/mol. The normalized spacial score (nSPS) is 19.7. The fourth-order valence-corrected chi connectivity index (χ4v) is 5.58. The quantitative estimate of drug-likeness (QED) is 0.0827. The Hall–Kier alpha value is -6.81. The van der Waals surface area contributed by atoms with Gasteiger partial charge in [0.25, 0.3) is 0 Å². The van der Waals surface area contributed by atoms with Crippen molar-refractivity contribution >= 4 is 35.1 Å². The van der Waals surface area contributed by atoms with Gasteiger partial charge in [-0.2, -0.15) is 0 Å². The molecule has 1 fully saturated rings. The van der Waals surface area contributed by atoms with Crippen molar-refractivity contribution in [3.8, 4) is 45.8 Å². The van der Waals surface area contributed by atoms with Crippen LogP contribution in [0.15, 0.2) is 106 Å². The molecule has 1 aromatic heterocycles. The van der Waals surface area contributed by atoms with Gasteiger partial charge in [-0.15, -0.1) is 0 Å². The number of rotatable bonds is 11. The highest BCUT2D eigenvalue weighted by Gasteiger charge is 2.48. The van der Waals surface area contributed by atoms with E-state index in [1.807, 2.05) is 0 Å². The molecular weight excluding hydrogens is 720 g/mol. The number of benzene rings is 4. The van der Waals surface area contributed by atoms with Crippen LogP contribution in [-0.2, 0) is 23.8 Å². The molecule has 15 nitrogen and oxygen atoms in total. The van der Waals surface area contributed by atoms with Crippen molar-refractivity contribution in [2.75, 3.05) is 13.7 Å². The van der Waals surface area contributed by atoms with E-state index in [-0.39, 0.29) is 45.5 Å². The highest BCUT2D eigenvalue weighted by Crippen LogP contribution is 2.36. The third-order valence-electron chi connectivity index (χ3n) is 8.39. The molecule has 1 saturated heterocycles. The van der Waals surface area contributed by atoms with Gasteiger partial charge in [0, 0.05) is 35.9 Å². The van der Waals surface area contributed by atoms with Crippen LogP contribution in [-0.4, -0.2) is 87.0 Å². The summed E-state index contributed by atoms with van der Waals surface area (Å²) >= 11 is 0. The minimum atomic E-state index is -1.86. The first-order valence-electron chi connectivity index (χ1n) is 16.6. The van der Waals surface area contributed by atoms with Crippen molar-refractivity contribution < 1.29 is 68.3 Å². The largest absolute Gasteiger partial charge is 0.508 e. The maximum absolute atomic E-state index is 13.1. The van der Waals surface area contributed by atoms with Crippen LogP contribution in [0.5, 0.6) is 34.5 Å². The standard InChI is InChI=1S/C40H34O15/c1-50-31-16-23(8-13-27(31)43)30-19-29(45)36-28(44)17-26(18-32(36)53-30)52-40-38(49)39(55-35(47)15-7-22-4-11-25(42)12-5-22)37(48)33(54-40)20-51-34(46)14-6-21-2-9-24(41)10-3-21/h2-19,33,37-44,48-49H,20H2,1H3/b14-6+,15-7+/t33-,37-,38-,39+,40-/m0/s1. The molecule has 5 atom stereocenters. The summed E-state index contributed by atoms with van der Waals surface area (Å²) in [6.45, 7) is -0.596. The van der Waals surface area contributed by atoms with Crippen molar-refractivity contribution in [2.45, 2.75) is 30.7 Å². The van der Waals surface area contributed by atoms with Gasteiger partial charge in [-0.05, 0) is 65.7 Å². The van der Waals surface area contributed by atoms with E-state index in [0.29, 0.717) is 16.7 Å². The van der Waals surface area contributed by atoms with Gasteiger partial charge in [-0.25, -0.2) is 9.59 Å². The number of fused-ring (bicyclic) bond motifs is 1. The molecule has 0 radical (unpaired) electrons. The van der Waals surface area contributed by atoms with Gasteiger partial charge in [0.15, 0.2) is 29.1 Å². The topological polar surface area (TPSA) is 232 Å². The van der Waals surface area contributed by atoms with Crippen molar-refractivity contribution in [1.29, 1.82) is 0 Å². The molecule has 0 saturated carbocycles. The van der Waals surface area contributed by atoms with Crippen molar-refractivity contribution in [2.24, 2.45) is 0 Å². The number of phenolic OH excluding ortho intramolecular Hbond substituents is 4. The predicted molar refractivity (Wildman–Crippen MR) is 194 cm³/mol. The molecule has 0 spiro atoms. The molecule has 0 bridgehead atoms. The molecule has 6 N–H and O–H groups in total. The Kier molecular flexibility index (Phi) is 11.4. The predicted octanol–water partition coefficient (Wildman–Crippen LogP) is 4.00. The molecule has 0 aliphatic carbocycles. The fourth-order valence-electron chi connectivity index (χ4n) is 5.58. The van der Waals surface area contributed by atoms with Gasteiger partial charge in [-0.1, -0.05) is 24.3 Å². The van der Waals surface area contributed by atoms with Gasteiger partial charge in [0.05, 0.1) is 7.11 Å². The molecule has 2 heterocycles. The first-order chi connectivity index (χ1) is 26.4. The van der Waals surface area contributed by atoms with Crippen LogP contribution in [0.25, 0.3) is 34.4 Å². The highest BCUT2D eigenvalue weighted by atomic mass is 16.7. The highest BCUT2D eigenvalue weighted by molar-refractivity contribution is 5.88. The lowest BCUT2D eigenvalue weighted by molar-refractivity contribution is -0.281. The average Bonchev–Trinajstić information content (AvgIpc) is 3.16. The first-order valence-corrected chi connectivity index (χ1v) is 16.6. The van der Waals surface area contributed by atoms with Gasteiger partial charge >= 0.3 is 11.9 Å². The Bertz CT molecular complexity index is 2290. The molecule has 0 amide bonds. The summed E-state index contributed by atoms with van der Waals surface area (Å²) in [4.78, 5) is 38.5. The van der Waals surface area contributed by atoms with Crippen molar-refractivity contribution in [3.05, 3.63) is 118 Å². The summed E-state index contributed by atoms with van der Waals surface area (Å²) in [5.41, 5.74) is 0.724. The minimum Gasteiger partial charge on any atom is -0.508 e. The summed E-state index contributed by atoms with van der Waals surface area (Å²) in [7, 11) is 1.35. The summed E-state index contributed by atoms with van der Waals surface area (Å²) in [5, 5.41) is 62.1. The molecule has 0 unspecified atom stereocenters. The van der Waals surface area contributed by atoms with E-state index in [2.05, 4.69) is 0 Å². The number of aromatic hydroxyl groups is 4. The van der Waals surface area contributed by atoms with Gasteiger partial charge in [-0.3, -0.25) is 4.79 Å². The van der Waals surface area contributed by atoms with Crippen LogP contribution in [0.1, 0.15) is 11.1 Å². The molecule has 15 heteroatoms. The number of phenols is 4. The van der Waals surface area contributed by atoms with E-state index in [0.717, 1.165) is 24.3 Å². The van der Waals surface area contributed by atoms with Crippen LogP contribution in [0.2, 0.25) is 0 Å². The van der Waals surface area contributed by atoms with E-state index in [9.17, 15) is 45.0 Å². The van der Waals surface area contributed by atoms with E-state index >= 15 is 0 Å². The Morgan fingerprint density at radius 3 is 2.04 bits per heavy atom. The summed E-state index contributed by atoms with van der Waals surface area (Å²) in [6.07, 6.45) is -3.51. The van der Waals surface area contributed by atoms with Crippen molar-refractivity contribution in [3.63, 3.8) is 0 Å². The number of aliphatic hydroxyl groups is 2. The molecule has 55 heavy (non-hydrogen) atoms. The Morgan fingerprint density at radius 1 is 0.764 bits per heavy atom. The number of hydrogen-bond donors (Lipinski definition) is 6. The lowest BCUT2D eigenvalue weighted by atomic mass is 9.99. The number of hydrogen-bond acceptors (Lipinski definition) is 15. The molecule has 284 valence electrons. The lowest BCUT2D eigenvalue weighted by Gasteiger charge is -2.41. The molecule has 4 aromatic carbocycles. The third kappa shape index (κ3) is 9.05. The van der Waals surface area contributed by atoms with Gasteiger partial charge in [0.2, 0.25) is 6.29 Å². The maximum Gasteiger partial charge on any atom is 0.331 e. The Morgan fingerprint density at radius 2 is 1.40 bits per heavy atom. The van der Waals surface area contributed by atoms with Crippen molar-refractivity contribution in [1.82, 2.24) is 0 Å². The maximum atomic E-state index is 13.1. The van der Waals surface area contributed by atoms with Crippen LogP contribution in [0.4, 0.5) is 0 Å². The zero-order valence-corrected chi connectivity index (χ0v) is 28.8. The smallest absolute Gasteiger partial charge is 0.331 e. The molecule has 1 aliphatic heterocycles. The second-order valence-corrected chi connectivity index (χ2v) is 12.2. The Balaban J connectivity index is 1.25. The number of ether oxygens (including phenoxy) is 5. The average molecular weight is 755 g/mol. The number of carbonyl (C=O) groups excluding carboxylic acids is 2. The fraction of sp³-hybridized carbons (Fsp3) is 0.175. The summed E-state index contributed by atoms with van der Waals surface area (Å²) < 4.78 is 33.5. The summed E-state index contributed by atoms with van der Waals surface area (Å²) in [6, 6.07) is 19.6. The molecular formula is C40H34O15. The van der Waals surface area contributed by atoms with Crippen LogP contribution < -0.4 is 14.9 Å². The lowest BCUT2D eigenvalue weighted by Crippen LogP contribution is -2.61. The number of esters is 2. The zero-order chi connectivity index (χ0) is 39.2. The molecule has 1 aliphatic rings. The third-order valence-corrected chi connectivity index (χ3v) is 8.39. The van der Waals surface area contributed by atoms with Crippen LogP contribution in [0, 0.1) is 0 Å². The second-order valence-electron chi connectivity index (χ2n) is 12.2. The molecule has 6 rings (SSSR count). The van der Waals surface area contributed by atoms with E-state index in [1.165, 1.54) is 79.9 Å². The minimum absolute atomic E-state index is 0.0159. The van der Waals surface area contributed by atoms with E-state index in [4.69, 9.17) is 28.1 Å². The zero-order valence-electron chi connectivity index (χ0n) is 28.8. The number of aliphatic hydroxyl groups excluding tert-OH is 2. The SMILES string of the molecule is COc1cc(-c2cc(=O)c3c(O)cc(O[C@H]4O[C@@H](COC(=O)/C=C/c5ccc(O)cc5)[C@H](O)[C@@H](OC(=O)/C=C/c5ccc(O)cc5)[C@@H]4O)cc3o2)ccc1O. The van der Waals surface area contributed by atoms with Crippen LogP contribution in [0.3, 0.4) is 0 Å². The van der Waals surface area contributed by atoms with Crippen LogP contribution >= 0.6 is 0 Å². The summed E-state index contributed by atoms with van der Waals surface area (Å²) in [5.74, 6) is -2.46. The van der Waals surface area contributed by atoms with E-state index in [1.54, 1.807) is 12.1 Å². The Labute approximate surface area is 311 Å².